The second-order valence-corrected chi connectivity index (χ2v) is 8.85. The molecule has 9 heteroatoms. The molecule has 1 amide bonds. The van der Waals surface area contributed by atoms with E-state index in [0.717, 1.165) is 16.7 Å². The van der Waals surface area contributed by atoms with Crippen LogP contribution in [0.5, 0.6) is 0 Å². The van der Waals surface area contributed by atoms with Crippen molar-refractivity contribution in [3.63, 3.8) is 0 Å². The third-order valence-electron chi connectivity index (χ3n) is 4.97. The highest BCUT2D eigenvalue weighted by Gasteiger charge is 2.37. The molecule has 4 atom stereocenters. The third kappa shape index (κ3) is 11.5. The van der Waals surface area contributed by atoms with Crippen molar-refractivity contribution >= 4 is 12.1 Å². The number of aliphatic hydroxyl groups excluding tert-OH is 1. The molecule has 0 spiro atoms. The van der Waals surface area contributed by atoms with Gasteiger partial charge in [-0.2, -0.15) is 0 Å². The maximum atomic E-state index is 12.2. The fourth-order valence-corrected chi connectivity index (χ4v) is 2.94. The molecule has 1 aromatic carbocycles. The Morgan fingerprint density at radius 1 is 1.09 bits per heavy atom. The molecule has 0 aliphatic heterocycles. The smallest absolute Gasteiger partial charge is 0.408 e. The van der Waals surface area contributed by atoms with E-state index in [-0.39, 0.29) is 33.0 Å². The van der Waals surface area contributed by atoms with E-state index in [1.54, 1.807) is 38.1 Å². The van der Waals surface area contributed by atoms with Gasteiger partial charge in [-0.1, -0.05) is 61.6 Å². The minimum atomic E-state index is -1.76. The summed E-state index contributed by atoms with van der Waals surface area (Å²) in [6.45, 7) is 14.3. The van der Waals surface area contributed by atoms with Crippen LogP contribution >= 0.6 is 0 Å². The van der Waals surface area contributed by atoms with Gasteiger partial charge in [0.05, 0.1) is 32.5 Å². The van der Waals surface area contributed by atoms with Crippen LogP contribution in [0.4, 0.5) is 4.79 Å². The van der Waals surface area contributed by atoms with Gasteiger partial charge in [-0.05, 0) is 32.8 Å². The first-order valence-electron chi connectivity index (χ1n) is 11.5. The standard InChI is InChI=1S/C26H39NO8/c1-7-21(28)23(34-14-19(4)5)22(33-13-18(2)3)16-32-17-26(6,24(29)30)27-25(31)35-15-20-11-9-8-10-12-20/h8-12,21-23,28H,2,4,7,13-17H2,1,3,5-6H3,(H,27,31)(H,29,30)/t21-,22-,23-,26-/m0/s1. The number of hydrogen-bond acceptors (Lipinski definition) is 7. The summed E-state index contributed by atoms with van der Waals surface area (Å²) in [6, 6.07) is 9.02. The number of aliphatic hydroxyl groups is 1. The Hall–Kier alpha value is -2.72. The maximum absolute atomic E-state index is 12.2. The van der Waals surface area contributed by atoms with Gasteiger partial charge in [0.1, 0.15) is 18.8 Å². The summed E-state index contributed by atoms with van der Waals surface area (Å²) in [7, 11) is 0. The molecule has 0 saturated carbocycles. The van der Waals surface area contributed by atoms with Gasteiger partial charge < -0.3 is 34.5 Å². The van der Waals surface area contributed by atoms with E-state index in [9.17, 15) is 19.8 Å². The minimum absolute atomic E-state index is 0.00328. The van der Waals surface area contributed by atoms with Crippen molar-refractivity contribution in [2.45, 2.75) is 64.6 Å². The molecule has 0 saturated heterocycles. The second kappa shape index (κ2) is 15.3. The van der Waals surface area contributed by atoms with Gasteiger partial charge in [-0.25, -0.2) is 9.59 Å². The van der Waals surface area contributed by atoms with Gasteiger partial charge in [0.25, 0.3) is 0 Å². The van der Waals surface area contributed by atoms with Gasteiger partial charge in [-0.3, -0.25) is 0 Å². The van der Waals surface area contributed by atoms with Crippen LogP contribution in [-0.2, 0) is 30.3 Å². The zero-order chi connectivity index (χ0) is 26.4. The number of hydrogen-bond donors (Lipinski definition) is 3. The summed E-state index contributed by atoms with van der Waals surface area (Å²) < 4.78 is 22.5. The first-order chi connectivity index (χ1) is 16.5. The van der Waals surface area contributed by atoms with Crippen LogP contribution in [0.25, 0.3) is 0 Å². The Morgan fingerprint density at radius 2 is 1.69 bits per heavy atom. The molecule has 0 bridgehead atoms. The Morgan fingerprint density at radius 3 is 2.23 bits per heavy atom. The fraction of sp³-hybridized carbons (Fsp3) is 0.538. The Kier molecular flexibility index (Phi) is 13.3. The largest absolute Gasteiger partial charge is 0.479 e. The highest BCUT2D eigenvalue weighted by molar-refractivity contribution is 5.84. The number of carboxylic acid groups (broad SMARTS) is 1. The van der Waals surface area contributed by atoms with Gasteiger partial charge in [0, 0.05) is 0 Å². The lowest BCUT2D eigenvalue weighted by Crippen LogP contribution is -2.56. The van der Waals surface area contributed by atoms with Crippen LogP contribution in [0.3, 0.4) is 0 Å². The van der Waals surface area contributed by atoms with Gasteiger partial charge in [0.2, 0.25) is 0 Å². The highest BCUT2D eigenvalue weighted by atomic mass is 16.6. The summed E-state index contributed by atoms with van der Waals surface area (Å²) in [4.78, 5) is 24.2. The van der Waals surface area contributed by atoms with Crippen LogP contribution in [-0.4, -0.2) is 72.6 Å². The molecule has 196 valence electrons. The summed E-state index contributed by atoms with van der Waals surface area (Å²) in [6.07, 6.45) is -2.78. The van der Waals surface area contributed by atoms with Crippen molar-refractivity contribution in [3.05, 3.63) is 60.2 Å². The molecule has 3 N–H and O–H groups in total. The molecule has 0 aliphatic carbocycles. The maximum Gasteiger partial charge on any atom is 0.408 e. The molecular formula is C26H39NO8. The molecule has 35 heavy (non-hydrogen) atoms. The topological polar surface area (TPSA) is 124 Å². The molecule has 0 radical (unpaired) electrons. The third-order valence-corrected chi connectivity index (χ3v) is 4.97. The molecule has 1 rings (SSSR count). The molecule has 0 aromatic heterocycles. The normalized spacial score (nSPS) is 15.3. The summed E-state index contributed by atoms with van der Waals surface area (Å²) >= 11 is 0. The number of aliphatic carboxylic acids is 1. The first-order valence-corrected chi connectivity index (χ1v) is 11.5. The minimum Gasteiger partial charge on any atom is -0.479 e. The number of alkyl carbamates (subject to hydrolysis) is 1. The second-order valence-electron chi connectivity index (χ2n) is 8.85. The fourth-order valence-electron chi connectivity index (χ4n) is 2.94. The lowest BCUT2D eigenvalue weighted by Gasteiger charge is -2.32. The lowest BCUT2D eigenvalue weighted by molar-refractivity contribution is -0.153. The molecule has 0 fully saturated rings. The average molecular weight is 494 g/mol. The van der Waals surface area contributed by atoms with Crippen LogP contribution in [0.2, 0.25) is 0 Å². The number of rotatable bonds is 17. The number of nitrogens with one attached hydrogen (secondary N) is 1. The van der Waals surface area contributed by atoms with E-state index in [1.807, 2.05) is 13.0 Å². The van der Waals surface area contributed by atoms with E-state index in [4.69, 9.17) is 18.9 Å². The Labute approximate surface area is 207 Å². The molecule has 0 aliphatic rings. The van der Waals surface area contributed by atoms with E-state index in [0.29, 0.717) is 6.42 Å². The van der Waals surface area contributed by atoms with E-state index < -0.39 is 35.9 Å². The number of ether oxygens (including phenoxy) is 4. The van der Waals surface area contributed by atoms with Crippen LogP contribution in [0.15, 0.2) is 54.6 Å². The van der Waals surface area contributed by atoms with Crippen molar-refractivity contribution in [2.75, 3.05) is 26.4 Å². The zero-order valence-corrected chi connectivity index (χ0v) is 21.1. The average Bonchev–Trinajstić information content (AvgIpc) is 2.80. The van der Waals surface area contributed by atoms with E-state index in [1.165, 1.54) is 6.92 Å². The number of carbonyl (C=O) groups excluding carboxylic acids is 1. The van der Waals surface area contributed by atoms with Gasteiger partial charge >= 0.3 is 12.1 Å². The quantitative estimate of drug-likeness (QED) is 0.282. The van der Waals surface area contributed by atoms with Gasteiger partial charge in [-0.15, -0.1) is 0 Å². The Bertz CT molecular complexity index is 828. The van der Waals surface area contributed by atoms with Crippen molar-refractivity contribution in [3.8, 4) is 0 Å². The summed E-state index contributed by atoms with van der Waals surface area (Å²) in [5.41, 5.74) is 0.542. The summed E-state index contributed by atoms with van der Waals surface area (Å²) in [5.74, 6) is -1.29. The van der Waals surface area contributed by atoms with Crippen LogP contribution in [0, 0.1) is 0 Å². The zero-order valence-electron chi connectivity index (χ0n) is 21.1. The van der Waals surface area contributed by atoms with Crippen LogP contribution in [0.1, 0.15) is 39.7 Å². The van der Waals surface area contributed by atoms with Crippen LogP contribution < -0.4 is 5.32 Å². The lowest BCUT2D eigenvalue weighted by atomic mass is 10.0. The van der Waals surface area contributed by atoms with E-state index >= 15 is 0 Å². The summed E-state index contributed by atoms with van der Waals surface area (Å²) in [5, 5.41) is 22.6. The number of carbonyl (C=O) groups is 2. The van der Waals surface area contributed by atoms with E-state index in [2.05, 4.69) is 18.5 Å². The molecular weight excluding hydrogens is 454 g/mol. The molecule has 0 heterocycles. The highest BCUT2D eigenvalue weighted by Crippen LogP contribution is 2.16. The first kappa shape index (κ1) is 30.3. The predicted molar refractivity (Wildman–Crippen MR) is 132 cm³/mol. The van der Waals surface area contributed by atoms with Gasteiger partial charge in [0.15, 0.2) is 5.54 Å². The molecule has 1 aromatic rings. The van der Waals surface area contributed by atoms with Crippen molar-refractivity contribution in [1.29, 1.82) is 0 Å². The van der Waals surface area contributed by atoms with Crippen molar-refractivity contribution < 1.29 is 38.7 Å². The molecule has 0 unspecified atom stereocenters. The SMILES string of the molecule is C=C(C)CO[C@H]([C@H](COC[C@](C)(NC(=O)OCc1ccccc1)C(=O)O)OCC(=C)C)[C@@H](O)CC. The van der Waals surface area contributed by atoms with Crippen molar-refractivity contribution in [2.24, 2.45) is 0 Å². The number of carboxylic acids is 1. The van der Waals surface area contributed by atoms with Crippen molar-refractivity contribution in [1.82, 2.24) is 5.32 Å². The predicted octanol–water partition coefficient (Wildman–Crippen LogP) is 3.47. The molecule has 9 nitrogen and oxygen atoms in total. The number of benzene rings is 1. The monoisotopic (exact) mass is 493 g/mol. The number of amides is 1. The Balaban J connectivity index is 2.82.